The van der Waals surface area contributed by atoms with Crippen LogP contribution in [0.2, 0.25) is 10.0 Å². The molecule has 3 unspecified atom stereocenters. The highest BCUT2D eigenvalue weighted by Gasteiger charge is 2.49. The molecule has 1 aliphatic carbocycles. The molecule has 6 nitrogen and oxygen atoms in total. The van der Waals surface area contributed by atoms with E-state index in [9.17, 15) is 15.0 Å². The summed E-state index contributed by atoms with van der Waals surface area (Å²) in [5.74, 6) is -0.125. The van der Waals surface area contributed by atoms with E-state index in [1.54, 1.807) is 11.0 Å². The van der Waals surface area contributed by atoms with Crippen molar-refractivity contribution in [3.63, 3.8) is 0 Å². The fraction of sp³-hybridized carbons (Fsp3) is 0.562. The molecule has 2 fully saturated rings. The van der Waals surface area contributed by atoms with E-state index in [1.807, 2.05) is 0 Å². The van der Waals surface area contributed by atoms with Gasteiger partial charge in [-0.2, -0.15) is 0 Å². The molecule has 24 heavy (non-hydrogen) atoms. The van der Waals surface area contributed by atoms with E-state index in [2.05, 4.69) is 0 Å². The quantitative estimate of drug-likeness (QED) is 0.635. The van der Waals surface area contributed by atoms with Gasteiger partial charge in [-0.25, -0.2) is 0 Å². The first kappa shape index (κ1) is 17.8. The molecule has 2 aliphatic rings. The lowest BCUT2D eigenvalue weighted by Gasteiger charge is -2.35. The fourth-order valence-corrected chi connectivity index (χ4v) is 4.35. The summed E-state index contributed by atoms with van der Waals surface area (Å²) in [6, 6.07) is 2.58. The maximum Gasteiger partial charge on any atom is 0.254 e. The standard InChI is InChI=1S/C16H20Cl2N2O4/c17-11-3-10(13(22)4-12(11)18)15(19)9-2-8-1-7(9)5-20(8)16(24)14(23)6-21/h3-4,7-9,14-15,21-23H,1-2,5-6,19H2/t7?,8?,9?,14-,15-/m1/s1. The van der Waals surface area contributed by atoms with E-state index < -0.39 is 24.7 Å². The third-order valence-electron chi connectivity index (χ3n) is 5.23. The zero-order valence-electron chi connectivity index (χ0n) is 12.9. The molecule has 1 saturated carbocycles. The van der Waals surface area contributed by atoms with Gasteiger partial charge in [0.2, 0.25) is 0 Å². The second-order valence-corrected chi connectivity index (χ2v) is 7.40. The van der Waals surface area contributed by atoms with Gasteiger partial charge in [0.15, 0.2) is 6.10 Å². The lowest BCUT2D eigenvalue weighted by molar-refractivity contribution is -0.144. The number of aromatic hydroxyl groups is 1. The molecule has 8 heteroatoms. The molecule has 5 N–H and O–H groups in total. The molecule has 0 spiro atoms. The van der Waals surface area contributed by atoms with Gasteiger partial charge >= 0.3 is 0 Å². The molecule has 2 bridgehead atoms. The summed E-state index contributed by atoms with van der Waals surface area (Å²) in [5, 5.41) is 29.2. The number of hydrogen-bond donors (Lipinski definition) is 4. The number of fused-ring (bicyclic) bond motifs is 2. The first-order valence-corrected chi connectivity index (χ1v) is 8.62. The van der Waals surface area contributed by atoms with Gasteiger partial charge in [0, 0.05) is 30.3 Å². The molecular formula is C16H20Cl2N2O4. The normalized spacial score (nSPS) is 28.2. The highest BCUT2D eigenvalue weighted by atomic mass is 35.5. The summed E-state index contributed by atoms with van der Waals surface area (Å²) in [6.07, 6.45) is 0.135. The topological polar surface area (TPSA) is 107 Å². The molecule has 5 atom stereocenters. The number of benzene rings is 1. The molecule has 1 aromatic rings. The Balaban J connectivity index is 1.74. The summed E-state index contributed by atoms with van der Waals surface area (Å²) in [7, 11) is 0. The Morgan fingerprint density at radius 3 is 2.58 bits per heavy atom. The van der Waals surface area contributed by atoms with E-state index in [4.69, 9.17) is 34.0 Å². The second-order valence-electron chi connectivity index (χ2n) is 6.59. The van der Waals surface area contributed by atoms with E-state index in [0.717, 1.165) is 6.42 Å². The lowest BCUT2D eigenvalue weighted by atomic mass is 9.84. The molecule has 1 saturated heterocycles. The zero-order valence-corrected chi connectivity index (χ0v) is 14.4. The van der Waals surface area contributed by atoms with Crippen LogP contribution in [0.25, 0.3) is 0 Å². The average Bonchev–Trinajstić information content (AvgIpc) is 3.16. The van der Waals surface area contributed by atoms with Crippen LogP contribution in [0, 0.1) is 11.8 Å². The lowest BCUT2D eigenvalue weighted by Crippen LogP contribution is -2.47. The smallest absolute Gasteiger partial charge is 0.254 e. The average molecular weight is 375 g/mol. The van der Waals surface area contributed by atoms with Crippen molar-refractivity contribution in [2.45, 2.75) is 31.0 Å². The van der Waals surface area contributed by atoms with Gasteiger partial charge in [0.05, 0.1) is 16.7 Å². The maximum absolute atomic E-state index is 12.1. The monoisotopic (exact) mass is 374 g/mol. The number of phenolic OH excluding ortho intramolecular Hbond substituents is 1. The van der Waals surface area contributed by atoms with E-state index in [0.29, 0.717) is 23.6 Å². The van der Waals surface area contributed by atoms with Crippen LogP contribution in [0.5, 0.6) is 5.75 Å². The molecule has 1 amide bonds. The van der Waals surface area contributed by atoms with Crippen LogP contribution in [-0.2, 0) is 4.79 Å². The number of halogens is 2. The van der Waals surface area contributed by atoms with Crippen molar-refractivity contribution in [2.24, 2.45) is 17.6 Å². The number of aliphatic hydroxyl groups excluding tert-OH is 2. The molecular weight excluding hydrogens is 355 g/mol. The zero-order chi connectivity index (χ0) is 17.6. The Labute approximate surface area is 149 Å². The van der Waals surface area contributed by atoms with Gasteiger partial charge in [0.1, 0.15) is 5.75 Å². The number of nitrogens with zero attached hydrogens (tertiary/aromatic N) is 1. The molecule has 1 aliphatic heterocycles. The van der Waals surface area contributed by atoms with Crippen LogP contribution < -0.4 is 5.73 Å². The number of carbonyl (C=O) groups is 1. The Morgan fingerprint density at radius 2 is 2.00 bits per heavy atom. The fourth-order valence-electron chi connectivity index (χ4n) is 4.02. The molecule has 1 aromatic carbocycles. The van der Waals surface area contributed by atoms with Gasteiger partial charge in [-0.1, -0.05) is 23.2 Å². The number of aliphatic hydroxyl groups is 2. The highest BCUT2D eigenvalue weighted by Crippen LogP contribution is 2.48. The van der Waals surface area contributed by atoms with Crippen LogP contribution in [0.15, 0.2) is 12.1 Å². The molecule has 0 aromatic heterocycles. The Hall–Kier alpha value is -1.05. The Bertz CT molecular complexity index is 657. The predicted molar refractivity (Wildman–Crippen MR) is 89.9 cm³/mol. The SMILES string of the molecule is N[C@@H](c1cc(Cl)c(Cl)cc1O)C1CC2CC1CN2C(=O)[C@H](O)CO. The van der Waals surface area contributed by atoms with Crippen molar-refractivity contribution < 1.29 is 20.1 Å². The van der Waals surface area contributed by atoms with Gasteiger partial charge < -0.3 is 26.0 Å². The number of hydrogen-bond acceptors (Lipinski definition) is 5. The van der Waals surface area contributed by atoms with Gasteiger partial charge in [-0.05, 0) is 30.7 Å². The van der Waals surface area contributed by atoms with Gasteiger partial charge in [0.25, 0.3) is 5.91 Å². The number of piperidine rings is 1. The molecule has 1 heterocycles. The third kappa shape index (κ3) is 2.97. The number of phenols is 1. The van der Waals surface area contributed by atoms with Crippen molar-refractivity contribution in [1.29, 1.82) is 0 Å². The maximum atomic E-state index is 12.1. The predicted octanol–water partition coefficient (Wildman–Crippen LogP) is 1.29. The van der Waals surface area contributed by atoms with Crippen LogP contribution in [0.1, 0.15) is 24.4 Å². The molecule has 0 radical (unpaired) electrons. The van der Waals surface area contributed by atoms with E-state index in [-0.39, 0.29) is 28.6 Å². The minimum atomic E-state index is -1.37. The third-order valence-corrected chi connectivity index (χ3v) is 5.95. The van der Waals surface area contributed by atoms with Crippen molar-refractivity contribution in [2.75, 3.05) is 13.2 Å². The summed E-state index contributed by atoms with van der Waals surface area (Å²) in [5.41, 5.74) is 6.91. The Kier molecular flexibility index (Phi) is 4.95. The van der Waals surface area contributed by atoms with Crippen molar-refractivity contribution >= 4 is 29.1 Å². The first-order chi connectivity index (χ1) is 11.3. The van der Waals surface area contributed by atoms with Crippen molar-refractivity contribution in [1.82, 2.24) is 4.90 Å². The van der Waals surface area contributed by atoms with Crippen molar-refractivity contribution in [3.05, 3.63) is 27.7 Å². The number of carbonyl (C=O) groups excluding carboxylic acids is 1. The van der Waals surface area contributed by atoms with Crippen LogP contribution >= 0.6 is 23.2 Å². The first-order valence-electron chi connectivity index (χ1n) is 7.86. The van der Waals surface area contributed by atoms with E-state index in [1.165, 1.54) is 6.07 Å². The van der Waals surface area contributed by atoms with Gasteiger partial charge in [-0.15, -0.1) is 0 Å². The number of amides is 1. The summed E-state index contributed by atoms with van der Waals surface area (Å²) >= 11 is 11.9. The molecule has 132 valence electrons. The van der Waals surface area contributed by atoms with Gasteiger partial charge in [-0.3, -0.25) is 4.79 Å². The highest BCUT2D eigenvalue weighted by molar-refractivity contribution is 6.42. The number of likely N-dealkylation sites (tertiary alicyclic amines) is 1. The van der Waals surface area contributed by atoms with Crippen LogP contribution in [0.3, 0.4) is 0 Å². The Morgan fingerprint density at radius 1 is 1.33 bits per heavy atom. The minimum Gasteiger partial charge on any atom is -0.508 e. The van der Waals surface area contributed by atoms with Crippen molar-refractivity contribution in [3.8, 4) is 5.75 Å². The molecule has 3 rings (SSSR count). The summed E-state index contributed by atoms with van der Waals surface area (Å²) in [6.45, 7) is -0.0756. The summed E-state index contributed by atoms with van der Waals surface area (Å²) in [4.78, 5) is 13.7. The van der Waals surface area contributed by atoms with E-state index >= 15 is 0 Å². The van der Waals surface area contributed by atoms with Crippen LogP contribution in [-0.4, -0.2) is 51.4 Å². The minimum absolute atomic E-state index is 0.00432. The number of nitrogens with two attached hydrogens (primary N) is 1. The second kappa shape index (κ2) is 6.69. The largest absolute Gasteiger partial charge is 0.508 e. The van der Waals surface area contributed by atoms with Crippen LogP contribution in [0.4, 0.5) is 0 Å². The summed E-state index contributed by atoms with van der Waals surface area (Å²) < 4.78 is 0. The number of rotatable bonds is 4.